The van der Waals surface area contributed by atoms with Gasteiger partial charge in [0, 0.05) is 10.4 Å². The van der Waals surface area contributed by atoms with E-state index < -0.39 is 0 Å². The molecule has 0 heterocycles. The Balaban J connectivity index is 3.08. The third kappa shape index (κ3) is 3.67. The molecule has 2 nitrogen and oxygen atoms in total. The summed E-state index contributed by atoms with van der Waals surface area (Å²) in [7, 11) is 0. The first kappa shape index (κ1) is 13.9. The van der Waals surface area contributed by atoms with E-state index in [1.54, 1.807) is 11.8 Å². The molecule has 0 fully saturated rings. The highest BCUT2D eigenvalue weighted by Gasteiger charge is 2.17. The summed E-state index contributed by atoms with van der Waals surface area (Å²) in [5.74, 6) is 0.981. The van der Waals surface area contributed by atoms with Gasteiger partial charge in [0.2, 0.25) is 0 Å². The van der Waals surface area contributed by atoms with Crippen LogP contribution in [0.25, 0.3) is 0 Å². The molecule has 0 aliphatic carbocycles. The van der Waals surface area contributed by atoms with Crippen molar-refractivity contribution in [3.05, 3.63) is 23.8 Å². The molecule has 0 aliphatic rings. The van der Waals surface area contributed by atoms with Crippen LogP contribution in [0.1, 0.15) is 39.7 Å². The van der Waals surface area contributed by atoms with Crippen LogP contribution in [0.3, 0.4) is 0 Å². The SMILES string of the molecule is CCSc1cccc(NC(C)(C)CC)c1C#N. The molecule has 17 heavy (non-hydrogen) atoms. The van der Waals surface area contributed by atoms with E-state index in [1.807, 2.05) is 18.2 Å². The number of anilines is 1. The minimum Gasteiger partial charge on any atom is -0.379 e. The van der Waals surface area contributed by atoms with Gasteiger partial charge in [0.05, 0.1) is 11.3 Å². The largest absolute Gasteiger partial charge is 0.379 e. The molecule has 1 aromatic carbocycles. The number of nitrogens with zero attached hydrogens (tertiary/aromatic N) is 1. The lowest BCUT2D eigenvalue weighted by Crippen LogP contribution is -2.30. The van der Waals surface area contributed by atoms with Crippen molar-refractivity contribution < 1.29 is 0 Å². The maximum Gasteiger partial charge on any atom is 0.102 e. The van der Waals surface area contributed by atoms with E-state index in [4.69, 9.17) is 0 Å². The number of hydrogen-bond donors (Lipinski definition) is 1. The van der Waals surface area contributed by atoms with Gasteiger partial charge in [-0.15, -0.1) is 11.8 Å². The summed E-state index contributed by atoms with van der Waals surface area (Å²) in [6.07, 6.45) is 1.02. The molecule has 92 valence electrons. The number of benzene rings is 1. The predicted octanol–water partition coefficient (Wildman–Crippen LogP) is 4.27. The predicted molar refractivity (Wildman–Crippen MR) is 75.5 cm³/mol. The average Bonchev–Trinajstić information content (AvgIpc) is 2.29. The highest BCUT2D eigenvalue weighted by molar-refractivity contribution is 7.99. The zero-order chi connectivity index (χ0) is 12.9. The van der Waals surface area contributed by atoms with Gasteiger partial charge in [-0.1, -0.05) is 19.9 Å². The molecule has 0 atom stereocenters. The second-order valence-electron chi connectivity index (χ2n) is 4.59. The standard InChI is InChI=1S/C14H20N2S/c1-5-14(3,4)16-12-8-7-9-13(17-6-2)11(12)10-15/h7-9,16H,5-6H2,1-4H3. The third-order valence-electron chi connectivity index (χ3n) is 2.79. The molecule has 0 unspecified atom stereocenters. The molecule has 0 aliphatic heterocycles. The average molecular weight is 248 g/mol. The molecular formula is C14H20N2S. The summed E-state index contributed by atoms with van der Waals surface area (Å²) in [4.78, 5) is 1.06. The molecule has 0 bridgehead atoms. The number of nitriles is 1. The van der Waals surface area contributed by atoms with E-state index in [1.165, 1.54) is 0 Å². The van der Waals surface area contributed by atoms with E-state index in [0.29, 0.717) is 0 Å². The maximum absolute atomic E-state index is 9.29. The van der Waals surface area contributed by atoms with Gasteiger partial charge in [0.1, 0.15) is 6.07 Å². The molecule has 0 amide bonds. The van der Waals surface area contributed by atoms with Crippen LogP contribution in [0.15, 0.2) is 23.1 Å². The number of rotatable bonds is 5. The summed E-state index contributed by atoms with van der Waals surface area (Å²) in [5.41, 5.74) is 1.72. The van der Waals surface area contributed by atoms with Crippen LogP contribution in [0.2, 0.25) is 0 Å². The lowest BCUT2D eigenvalue weighted by atomic mass is 10.0. The van der Waals surface area contributed by atoms with Gasteiger partial charge >= 0.3 is 0 Å². The van der Waals surface area contributed by atoms with E-state index in [2.05, 4.69) is 39.1 Å². The van der Waals surface area contributed by atoms with Crippen molar-refractivity contribution in [1.82, 2.24) is 0 Å². The van der Waals surface area contributed by atoms with Crippen LogP contribution in [-0.2, 0) is 0 Å². The Hall–Kier alpha value is -1.14. The van der Waals surface area contributed by atoms with Crippen molar-refractivity contribution >= 4 is 17.4 Å². The molecular weight excluding hydrogens is 228 g/mol. The molecule has 3 heteroatoms. The second kappa shape index (κ2) is 5.97. The first-order valence-electron chi connectivity index (χ1n) is 5.98. The zero-order valence-electron chi connectivity index (χ0n) is 11.0. The summed E-state index contributed by atoms with van der Waals surface area (Å²) in [6.45, 7) is 8.53. The van der Waals surface area contributed by atoms with Crippen molar-refractivity contribution in [1.29, 1.82) is 5.26 Å². The molecule has 0 saturated carbocycles. The lowest BCUT2D eigenvalue weighted by molar-refractivity contribution is 0.547. The summed E-state index contributed by atoms with van der Waals surface area (Å²) in [6, 6.07) is 8.31. The highest BCUT2D eigenvalue weighted by atomic mass is 32.2. The fourth-order valence-corrected chi connectivity index (χ4v) is 2.27. The lowest BCUT2D eigenvalue weighted by Gasteiger charge is -2.27. The molecule has 0 saturated heterocycles. The number of nitrogens with one attached hydrogen (secondary N) is 1. The molecule has 0 radical (unpaired) electrons. The van der Waals surface area contributed by atoms with E-state index in [-0.39, 0.29) is 5.54 Å². The fraction of sp³-hybridized carbons (Fsp3) is 0.500. The molecule has 1 aromatic rings. The Morgan fingerprint density at radius 3 is 2.59 bits per heavy atom. The van der Waals surface area contributed by atoms with Crippen molar-refractivity contribution in [3.63, 3.8) is 0 Å². The number of thioether (sulfide) groups is 1. The van der Waals surface area contributed by atoms with Gasteiger partial charge in [-0.3, -0.25) is 0 Å². The zero-order valence-corrected chi connectivity index (χ0v) is 11.8. The summed E-state index contributed by atoms with van der Waals surface area (Å²) >= 11 is 1.71. The van der Waals surface area contributed by atoms with Crippen LogP contribution in [-0.4, -0.2) is 11.3 Å². The minimum atomic E-state index is 0.0150. The molecule has 0 spiro atoms. The smallest absolute Gasteiger partial charge is 0.102 e. The van der Waals surface area contributed by atoms with Gasteiger partial charge in [0.25, 0.3) is 0 Å². The Bertz CT molecular complexity index is 419. The van der Waals surface area contributed by atoms with Crippen molar-refractivity contribution in [2.24, 2.45) is 0 Å². The number of hydrogen-bond acceptors (Lipinski definition) is 3. The Morgan fingerprint density at radius 1 is 1.35 bits per heavy atom. The van der Waals surface area contributed by atoms with Crippen molar-refractivity contribution in [3.8, 4) is 6.07 Å². The maximum atomic E-state index is 9.29. The molecule has 1 rings (SSSR count). The monoisotopic (exact) mass is 248 g/mol. The van der Waals surface area contributed by atoms with E-state index in [9.17, 15) is 5.26 Å². The van der Waals surface area contributed by atoms with Crippen molar-refractivity contribution in [2.75, 3.05) is 11.1 Å². The third-order valence-corrected chi connectivity index (χ3v) is 3.73. The Labute approximate surface area is 108 Å². The molecule has 0 aromatic heterocycles. The van der Waals surface area contributed by atoms with Crippen LogP contribution in [0.4, 0.5) is 5.69 Å². The minimum absolute atomic E-state index is 0.0150. The van der Waals surface area contributed by atoms with Gasteiger partial charge in [-0.2, -0.15) is 5.26 Å². The van der Waals surface area contributed by atoms with E-state index in [0.717, 1.165) is 28.3 Å². The van der Waals surface area contributed by atoms with Gasteiger partial charge in [0.15, 0.2) is 0 Å². The second-order valence-corrected chi connectivity index (χ2v) is 5.89. The van der Waals surface area contributed by atoms with Gasteiger partial charge in [-0.05, 0) is 38.2 Å². The summed E-state index contributed by atoms with van der Waals surface area (Å²) in [5, 5.41) is 12.7. The van der Waals surface area contributed by atoms with Gasteiger partial charge < -0.3 is 5.32 Å². The quantitative estimate of drug-likeness (QED) is 0.790. The summed E-state index contributed by atoms with van der Waals surface area (Å²) < 4.78 is 0. The van der Waals surface area contributed by atoms with Crippen LogP contribution < -0.4 is 5.32 Å². The Morgan fingerprint density at radius 2 is 2.06 bits per heavy atom. The fourth-order valence-electron chi connectivity index (χ4n) is 1.48. The first-order valence-corrected chi connectivity index (χ1v) is 6.96. The highest BCUT2D eigenvalue weighted by Crippen LogP contribution is 2.29. The normalized spacial score (nSPS) is 11.0. The van der Waals surface area contributed by atoms with Crippen molar-refractivity contribution in [2.45, 2.75) is 44.6 Å². The Kier molecular flexibility index (Phi) is 4.89. The van der Waals surface area contributed by atoms with Gasteiger partial charge in [-0.25, -0.2) is 0 Å². The first-order chi connectivity index (χ1) is 8.04. The van der Waals surface area contributed by atoms with E-state index >= 15 is 0 Å². The topological polar surface area (TPSA) is 35.8 Å². The van der Waals surface area contributed by atoms with Crippen LogP contribution in [0, 0.1) is 11.3 Å². The van der Waals surface area contributed by atoms with Crippen LogP contribution in [0.5, 0.6) is 0 Å². The molecule has 1 N–H and O–H groups in total. The van der Waals surface area contributed by atoms with Crippen LogP contribution >= 0.6 is 11.8 Å².